The maximum Gasteiger partial charge on any atom is 0.220 e. The molecule has 0 atom stereocenters. The summed E-state index contributed by atoms with van der Waals surface area (Å²) < 4.78 is 5.38. The molecule has 0 saturated heterocycles. The maximum atomic E-state index is 12.7. The monoisotopic (exact) mass is 431 g/mol. The summed E-state index contributed by atoms with van der Waals surface area (Å²) in [6.45, 7) is 0.674. The average molecular weight is 432 g/mol. The molecule has 0 unspecified atom stereocenters. The number of carbonyl (C=O) groups is 1. The van der Waals surface area contributed by atoms with E-state index in [1.807, 2.05) is 48.5 Å². The van der Waals surface area contributed by atoms with Crippen LogP contribution in [0.5, 0.6) is 5.75 Å². The van der Waals surface area contributed by atoms with Gasteiger partial charge in [0.15, 0.2) is 0 Å². The van der Waals surface area contributed by atoms with Crippen LogP contribution in [0.2, 0.25) is 0 Å². The summed E-state index contributed by atoms with van der Waals surface area (Å²) >= 11 is 0. The van der Waals surface area contributed by atoms with Gasteiger partial charge in [0.1, 0.15) is 5.75 Å². The van der Waals surface area contributed by atoms with Gasteiger partial charge < -0.3 is 15.2 Å². The first-order valence-corrected chi connectivity index (χ1v) is 11.3. The Balaban J connectivity index is 1.93. The molecule has 3 rings (SSSR count). The van der Waals surface area contributed by atoms with Crippen molar-refractivity contribution in [1.82, 2.24) is 5.32 Å². The standard InChI is InChI=1S/C28H33NO3/c1-32-26-19-17-25(18-20-26)28(23-12-6-4-7-13-23,24-14-8-5-9-15-24)22-29-27(31)16-10-2-3-11-21-30/h4-9,12-15,17-20,30H,2-3,10-11,16,21-22H2,1H3,(H,29,31). The molecule has 168 valence electrons. The van der Waals surface area contributed by atoms with E-state index < -0.39 is 5.41 Å². The summed E-state index contributed by atoms with van der Waals surface area (Å²) in [5.74, 6) is 0.856. The second-order valence-corrected chi connectivity index (χ2v) is 8.03. The predicted octanol–water partition coefficient (Wildman–Crippen LogP) is 5.09. The number of hydrogen-bond acceptors (Lipinski definition) is 3. The van der Waals surface area contributed by atoms with Crippen molar-refractivity contribution in [2.45, 2.75) is 37.5 Å². The van der Waals surface area contributed by atoms with Crippen molar-refractivity contribution >= 4 is 5.91 Å². The van der Waals surface area contributed by atoms with Crippen LogP contribution in [-0.2, 0) is 10.2 Å². The van der Waals surface area contributed by atoms with Crippen molar-refractivity contribution in [3.05, 3.63) is 102 Å². The molecule has 0 bridgehead atoms. The Morgan fingerprint density at radius 2 is 1.31 bits per heavy atom. The molecule has 4 heteroatoms. The minimum atomic E-state index is -0.526. The van der Waals surface area contributed by atoms with Gasteiger partial charge in [-0.3, -0.25) is 4.79 Å². The van der Waals surface area contributed by atoms with Crippen LogP contribution in [0.3, 0.4) is 0 Å². The van der Waals surface area contributed by atoms with Crippen molar-refractivity contribution in [2.24, 2.45) is 0 Å². The molecule has 2 N–H and O–H groups in total. The van der Waals surface area contributed by atoms with Gasteiger partial charge in [0.25, 0.3) is 0 Å². The lowest BCUT2D eigenvalue weighted by Gasteiger charge is -2.36. The minimum absolute atomic E-state index is 0.0544. The molecule has 3 aromatic carbocycles. The number of aliphatic hydroxyl groups excluding tert-OH is 1. The predicted molar refractivity (Wildman–Crippen MR) is 129 cm³/mol. The number of unbranched alkanes of at least 4 members (excludes halogenated alkanes) is 3. The van der Waals surface area contributed by atoms with E-state index in [9.17, 15) is 4.79 Å². The molecule has 0 aromatic heterocycles. The fraction of sp³-hybridized carbons (Fsp3) is 0.321. The smallest absolute Gasteiger partial charge is 0.220 e. The molecule has 1 amide bonds. The van der Waals surface area contributed by atoms with Crippen LogP contribution in [0.25, 0.3) is 0 Å². The lowest BCUT2D eigenvalue weighted by Crippen LogP contribution is -2.42. The zero-order chi connectivity index (χ0) is 22.7. The molecular weight excluding hydrogens is 398 g/mol. The molecular formula is C28H33NO3. The van der Waals surface area contributed by atoms with E-state index in [4.69, 9.17) is 9.84 Å². The van der Waals surface area contributed by atoms with Crippen LogP contribution in [0, 0.1) is 0 Å². The molecule has 3 aromatic rings. The molecule has 0 radical (unpaired) electrons. The van der Waals surface area contributed by atoms with E-state index >= 15 is 0 Å². The van der Waals surface area contributed by atoms with Gasteiger partial charge in [-0.25, -0.2) is 0 Å². The lowest BCUT2D eigenvalue weighted by molar-refractivity contribution is -0.121. The van der Waals surface area contributed by atoms with Crippen molar-refractivity contribution in [3.63, 3.8) is 0 Å². The Morgan fingerprint density at radius 3 is 1.84 bits per heavy atom. The second-order valence-electron chi connectivity index (χ2n) is 8.03. The zero-order valence-electron chi connectivity index (χ0n) is 18.8. The minimum Gasteiger partial charge on any atom is -0.497 e. The Hall–Kier alpha value is -3.11. The van der Waals surface area contributed by atoms with E-state index in [0.29, 0.717) is 13.0 Å². The summed E-state index contributed by atoms with van der Waals surface area (Å²) in [6, 6.07) is 28.8. The highest BCUT2D eigenvalue weighted by Gasteiger charge is 2.36. The summed E-state index contributed by atoms with van der Waals surface area (Å²) in [7, 11) is 1.66. The van der Waals surface area contributed by atoms with E-state index in [1.165, 1.54) is 0 Å². The third-order valence-electron chi connectivity index (χ3n) is 5.98. The maximum absolute atomic E-state index is 12.7. The van der Waals surface area contributed by atoms with Crippen molar-refractivity contribution in [3.8, 4) is 5.75 Å². The average Bonchev–Trinajstić information content (AvgIpc) is 2.86. The Labute approximate surface area is 191 Å². The van der Waals surface area contributed by atoms with Crippen LogP contribution in [0.1, 0.15) is 48.8 Å². The number of methoxy groups -OCH3 is 1. The van der Waals surface area contributed by atoms with Gasteiger partial charge in [-0.15, -0.1) is 0 Å². The highest BCUT2D eigenvalue weighted by Crippen LogP contribution is 2.39. The zero-order valence-corrected chi connectivity index (χ0v) is 18.8. The summed E-state index contributed by atoms with van der Waals surface area (Å²) in [4.78, 5) is 12.7. The number of hydrogen-bond donors (Lipinski definition) is 2. The molecule has 0 aliphatic rings. The first-order valence-electron chi connectivity index (χ1n) is 11.3. The van der Waals surface area contributed by atoms with Gasteiger partial charge >= 0.3 is 0 Å². The number of rotatable bonds is 12. The van der Waals surface area contributed by atoms with E-state index in [2.05, 4.69) is 41.7 Å². The van der Waals surface area contributed by atoms with Crippen LogP contribution < -0.4 is 10.1 Å². The van der Waals surface area contributed by atoms with E-state index in [1.54, 1.807) is 7.11 Å². The molecule has 32 heavy (non-hydrogen) atoms. The Morgan fingerprint density at radius 1 is 0.781 bits per heavy atom. The topological polar surface area (TPSA) is 58.6 Å². The molecule has 0 aliphatic heterocycles. The summed E-state index contributed by atoms with van der Waals surface area (Å²) in [5, 5.41) is 12.1. The number of carbonyl (C=O) groups excluding carboxylic acids is 1. The summed E-state index contributed by atoms with van der Waals surface area (Å²) in [6.07, 6.45) is 4.03. The Bertz CT molecular complexity index is 900. The number of aliphatic hydroxyl groups is 1. The van der Waals surface area contributed by atoms with Crippen molar-refractivity contribution in [2.75, 3.05) is 20.3 Å². The molecule has 0 aliphatic carbocycles. The molecule has 0 heterocycles. The quantitative estimate of drug-likeness (QED) is 0.310. The molecule has 0 saturated carbocycles. The SMILES string of the molecule is COc1ccc(C(CNC(=O)CCCCCCO)(c2ccccc2)c2ccccc2)cc1. The van der Waals surface area contributed by atoms with Crippen LogP contribution in [-0.4, -0.2) is 31.3 Å². The van der Waals surface area contributed by atoms with Crippen LogP contribution in [0.4, 0.5) is 0 Å². The third-order valence-corrected chi connectivity index (χ3v) is 5.98. The fourth-order valence-electron chi connectivity index (χ4n) is 4.20. The number of nitrogens with one attached hydrogen (secondary N) is 1. The van der Waals surface area contributed by atoms with Gasteiger partial charge in [0.2, 0.25) is 5.91 Å². The number of ether oxygens (including phenoxy) is 1. The van der Waals surface area contributed by atoms with Gasteiger partial charge in [-0.2, -0.15) is 0 Å². The first kappa shape index (κ1) is 23.6. The van der Waals surface area contributed by atoms with E-state index in [0.717, 1.165) is 48.1 Å². The van der Waals surface area contributed by atoms with Gasteiger partial charge in [-0.1, -0.05) is 85.6 Å². The number of amides is 1. The molecule has 4 nitrogen and oxygen atoms in total. The van der Waals surface area contributed by atoms with Crippen molar-refractivity contribution in [1.29, 1.82) is 0 Å². The van der Waals surface area contributed by atoms with Gasteiger partial charge in [0, 0.05) is 19.6 Å². The lowest BCUT2D eigenvalue weighted by atomic mass is 9.69. The third kappa shape index (κ3) is 5.77. The van der Waals surface area contributed by atoms with Crippen LogP contribution >= 0.6 is 0 Å². The summed E-state index contributed by atoms with van der Waals surface area (Å²) in [5.41, 5.74) is 2.82. The second kappa shape index (κ2) is 12.1. The van der Waals surface area contributed by atoms with Crippen LogP contribution in [0.15, 0.2) is 84.9 Å². The molecule has 0 spiro atoms. The van der Waals surface area contributed by atoms with E-state index in [-0.39, 0.29) is 12.5 Å². The van der Waals surface area contributed by atoms with Crippen molar-refractivity contribution < 1.29 is 14.6 Å². The van der Waals surface area contributed by atoms with Gasteiger partial charge in [-0.05, 0) is 41.7 Å². The largest absolute Gasteiger partial charge is 0.497 e. The highest BCUT2D eigenvalue weighted by molar-refractivity contribution is 5.76. The fourth-order valence-corrected chi connectivity index (χ4v) is 4.20. The van der Waals surface area contributed by atoms with Gasteiger partial charge in [0.05, 0.1) is 12.5 Å². The highest BCUT2D eigenvalue weighted by atomic mass is 16.5. The molecule has 0 fully saturated rings. The number of benzene rings is 3. The Kier molecular flexibility index (Phi) is 8.88. The first-order chi connectivity index (χ1) is 15.7. The normalized spacial score (nSPS) is 11.2.